The lowest BCUT2D eigenvalue weighted by atomic mass is 10.3. The molecule has 1 aromatic heterocycles. The van der Waals surface area contributed by atoms with Gasteiger partial charge in [-0.3, -0.25) is 0 Å². The van der Waals surface area contributed by atoms with Crippen molar-refractivity contribution in [3.63, 3.8) is 0 Å². The molecule has 0 aliphatic carbocycles. The van der Waals surface area contributed by atoms with Crippen LogP contribution in [0.5, 0.6) is 0 Å². The molecule has 0 saturated carbocycles. The molecule has 1 heterocycles. The molecule has 0 fully saturated rings. The Morgan fingerprint density at radius 2 is 2.40 bits per heavy atom. The summed E-state index contributed by atoms with van der Waals surface area (Å²) in [7, 11) is 0. The van der Waals surface area contributed by atoms with Crippen LogP contribution in [0.2, 0.25) is 0 Å². The Bertz CT molecular complexity index is 241. The molecule has 0 amide bonds. The predicted octanol–water partition coefficient (Wildman–Crippen LogP) is 2.72. The Hall–Kier alpha value is -0.150. The van der Waals surface area contributed by atoms with Crippen LogP contribution in [-0.2, 0) is 5.88 Å². The van der Waals surface area contributed by atoms with Crippen molar-refractivity contribution >= 4 is 27.5 Å². The van der Waals surface area contributed by atoms with Crippen LogP contribution in [0.15, 0.2) is 16.7 Å². The van der Waals surface area contributed by atoms with E-state index in [1.165, 1.54) is 6.20 Å². The molecule has 0 aliphatic rings. The predicted molar refractivity (Wildman–Crippen MR) is 41.5 cm³/mol. The summed E-state index contributed by atoms with van der Waals surface area (Å²) >= 11 is 8.46. The number of hydrogen-bond acceptors (Lipinski definition) is 1. The van der Waals surface area contributed by atoms with Gasteiger partial charge in [-0.15, -0.1) is 11.6 Å². The lowest BCUT2D eigenvalue weighted by molar-refractivity contribution is 0.576. The van der Waals surface area contributed by atoms with E-state index in [1.807, 2.05) is 0 Å². The van der Waals surface area contributed by atoms with Gasteiger partial charge in [-0.2, -0.15) is 4.39 Å². The summed E-state index contributed by atoms with van der Waals surface area (Å²) in [5.74, 6) is -0.153. The van der Waals surface area contributed by atoms with Gasteiger partial charge in [0.15, 0.2) is 0 Å². The van der Waals surface area contributed by atoms with E-state index in [4.69, 9.17) is 11.6 Å². The van der Waals surface area contributed by atoms with Gasteiger partial charge < -0.3 is 0 Å². The zero-order chi connectivity index (χ0) is 7.56. The molecular formula is C6H4BrClFN. The number of aromatic nitrogens is 1. The normalized spacial score (nSPS) is 9.90. The van der Waals surface area contributed by atoms with E-state index < -0.39 is 5.95 Å². The van der Waals surface area contributed by atoms with Gasteiger partial charge in [0.1, 0.15) is 0 Å². The van der Waals surface area contributed by atoms with Gasteiger partial charge in [-0.25, -0.2) is 4.98 Å². The van der Waals surface area contributed by atoms with E-state index in [9.17, 15) is 4.39 Å². The fraction of sp³-hybridized carbons (Fsp3) is 0.167. The van der Waals surface area contributed by atoms with Crippen molar-refractivity contribution in [3.8, 4) is 0 Å². The molecule has 1 rings (SSSR count). The number of hydrogen-bond donors (Lipinski definition) is 0. The zero-order valence-corrected chi connectivity index (χ0v) is 7.28. The van der Waals surface area contributed by atoms with E-state index in [-0.39, 0.29) is 0 Å². The van der Waals surface area contributed by atoms with Crippen molar-refractivity contribution in [2.45, 2.75) is 5.88 Å². The fourth-order valence-electron chi connectivity index (χ4n) is 0.534. The SMILES string of the molecule is Fc1ncc(CCl)cc1Br. The van der Waals surface area contributed by atoms with Crippen molar-refractivity contribution in [1.29, 1.82) is 0 Å². The molecule has 0 spiro atoms. The van der Waals surface area contributed by atoms with E-state index in [0.29, 0.717) is 10.4 Å². The van der Waals surface area contributed by atoms with E-state index >= 15 is 0 Å². The Morgan fingerprint density at radius 3 is 2.90 bits per heavy atom. The third-order valence-corrected chi connectivity index (χ3v) is 1.87. The molecule has 4 heteroatoms. The van der Waals surface area contributed by atoms with Gasteiger partial charge in [0.2, 0.25) is 5.95 Å². The first-order valence-electron chi connectivity index (χ1n) is 2.60. The average Bonchev–Trinajstić information content (AvgIpc) is 1.95. The summed E-state index contributed by atoms with van der Waals surface area (Å²) in [6.07, 6.45) is 1.41. The number of alkyl halides is 1. The maximum Gasteiger partial charge on any atom is 0.227 e. The van der Waals surface area contributed by atoms with Crippen LogP contribution in [0.4, 0.5) is 4.39 Å². The molecule has 1 nitrogen and oxygen atoms in total. The topological polar surface area (TPSA) is 12.9 Å². The summed E-state index contributed by atoms with van der Waals surface area (Å²) in [6.45, 7) is 0. The van der Waals surface area contributed by atoms with Crippen molar-refractivity contribution in [2.24, 2.45) is 0 Å². The van der Waals surface area contributed by atoms with Crippen LogP contribution in [0.1, 0.15) is 5.56 Å². The number of nitrogens with zero attached hydrogens (tertiary/aromatic N) is 1. The van der Waals surface area contributed by atoms with Crippen LogP contribution in [0, 0.1) is 5.95 Å². The molecule has 0 unspecified atom stereocenters. The van der Waals surface area contributed by atoms with Gasteiger partial charge >= 0.3 is 0 Å². The maximum atomic E-state index is 12.4. The summed E-state index contributed by atoms with van der Waals surface area (Å²) in [4.78, 5) is 3.45. The first kappa shape index (κ1) is 7.95. The van der Waals surface area contributed by atoms with Crippen molar-refractivity contribution in [3.05, 3.63) is 28.2 Å². The first-order valence-corrected chi connectivity index (χ1v) is 3.92. The monoisotopic (exact) mass is 223 g/mol. The zero-order valence-electron chi connectivity index (χ0n) is 4.94. The molecule has 54 valence electrons. The second-order valence-corrected chi connectivity index (χ2v) is 2.87. The highest BCUT2D eigenvalue weighted by molar-refractivity contribution is 9.10. The Morgan fingerprint density at radius 1 is 1.70 bits per heavy atom. The van der Waals surface area contributed by atoms with Crippen LogP contribution < -0.4 is 0 Å². The molecule has 0 aromatic carbocycles. The standard InChI is InChI=1S/C6H4BrClFN/c7-5-1-4(2-8)3-10-6(5)9/h1,3H,2H2. The smallest absolute Gasteiger partial charge is 0.227 e. The molecule has 0 saturated heterocycles. The lowest BCUT2D eigenvalue weighted by Gasteiger charge is -1.95. The minimum Gasteiger partial charge on any atom is -0.227 e. The molecule has 0 bridgehead atoms. The maximum absolute atomic E-state index is 12.4. The van der Waals surface area contributed by atoms with Crippen LogP contribution >= 0.6 is 27.5 Å². The molecule has 0 radical (unpaired) electrons. The lowest BCUT2D eigenvalue weighted by Crippen LogP contribution is -1.86. The molecule has 0 N–H and O–H groups in total. The second-order valence-electron chi connectivity index (χ2n) is 1.75. The van der Waals surface area contributed by atoms with E-state index in [1.54, 1.807) is 6.07 Å². The van der Waals surface area contributed by atoms with Gasteiger partial charge in [-0.1, -0.05) is 0 Å². The highest BCUT2D eigenvalue weighted by atomic mass is 79.9. The third-order valence-electron chi connectivity index (χ3n) is 1.01. The fourth-order valence-corrected chi connectivity index (χ4v) is 1.08. The largest absolute Gasteiger partial charge is 0.227 e. The number of rotatable bonds is 1. The van der Waals surface area contributed by atoms with Gasteiger partial charge in [0.25, 0.3) is 0 Å². The molecule has 0 atom stereocenters. The van der Waals surface area contributed by atoms with Crippen molar-refractivity contribution in [1.82, 2.24) is 4.98 Å². The summed E-state index contributed by atoms with van der Waals surface area (Å²) in [5.41, 5.74) is 0.801. The molecule has 0 aliphatic heterocycles. The van der Waals surface area contributed by atoms with Crippen LogP contribution in [0.25, 0.3) is 0 Å². The van der Waals surface area contributed by atoms with Crippen LogP contribution in [-0.4, -0.2) is 4.98 Å². The minimum atomic E-state index is -0.506. The summed E-state index contributed by atoms with van der Waals surface area (Å²) in [6, 6.07) is 1.61. The average molecular weight is 224 g/mol. The van der Waals surface area contributed by atoms with Crippen LogP contribution in [0.3, 0.4) is 0 Å². The highest BCUT2D eigenvalue weighted by Gasteiger charge is 1.99. The second kappa shape index (κ2) is 3.30. The quantitative estimate of drug-likeness (QED) is 0.528. The Labute approximate surface area is 71.4 Å². The van der Waals surface area contributed by atoms with Crippen molar-refractivity contribution in [2.75, 3.05) is 0 Å². The van der Waals surface area contributed by atoms with E-state index in [2.05, 4.69) is 20.9 Å². The molecular weight excluding hydrogens is 220 g/mol. The first-order chi connectivity index (χ1) is 4.74. The van der Waals surface area contributed by atoms with Crippen molar-refractivity contribution < 1.29 is 4.39 Å². The highest BCUT2D eigenvalue weighted by Crippen LogP contribution is 2.15. The summed E-state index contributed by atoms with van der Waals surface area (Å²) < 4.78 is 12.8. The van der Waals surface area contributed by atoms with Gasteiger partial charge in [0.05, 0.1) is 4.47 Å². The van der Waals surface area contributed by atoms with Gasteiger partial charge in [0, 0.05) is 12.1 Å². The number of pyridine rings is 1. The Kier molecular flexibility index (Phi) is 2.63. The summed E-state index contributed by atoms with van der Waals surface area (Å²) in [5, 5.41) is 0. The minimum absolute atomic E-state index is 0.352. The molecule has 1 aromatic rings. The van der Waals surface area contributed by atoms with E-state index in [0.717, 1.165) is 5.56 Å². The molecule has 10 heavy (non-hydrogen) atoms. The Balaban J connectivity index is 3.04. The number of halogens is 3. The third kappa shape index (κ3) is 1.67. The van der Waals surface area contributed by atoms with Gasteiger partial charge in [-0.05, 0) is 27.6 Å².